The maximum Gasteiger partial charge on any atom is 0.227 e. The van der Waals surface area contributed by atoms with E-state index in [4.69, 9.17) is 5.73 Å². The van der Waals surface area contributed by atoms with Crippen LogP contribution in [0.15, 0.2) is 42.5 Å². The molecule has 1 unspecified atom stereocenters. The van der Waals surface area contributed by atoms with Crippen molar-refractivity contribution in [2.24, 2.45) is 5.73 Å². The van der Waals surface area contributed by atoms with Crippen LogP contribution in [0.2, 0.25) is 0 Å². The topological polar surface area (TPSA) is 46.3 Å². The second-order valence-electron chi connectivity index (χ2n) is 5.79. The van der Waals surface area contributed by atoms with E-state index in [1.54, 1.807) is 0 Å². The van der Waals surface area contributed by atoms with E-state index in [-0.39, 0.29) is 24.4 Å². The van der Waals surface area contributed by atoms with E-state index in [0.29, 0.717) is 13.0 Å². The molecule has 1 heterocycles. The lowest BCUT2D eigenvalue weighted by atomic mass is 9.98. The fourth-order valence-electron chi connectivity index (χ4n) is 3.29. The van der Waals surface area contributed by atoms with Gasteiger partial charge in [0.15, 0.2) is 0 Å². The fourth-order valence-corrected chi connectivity index (χ4v) is 3.29. The van der Waals surface area contributed by atoms with Gasteiger partial charge >= 0.3 is 0 Å². The third kappa shape index (κ3) is 3.42. The van der Waals surface area contributed by atoms with E-state index in [1.807, 2.05) is 23.1 Å². The molecule has 1 amide bonds. The first-order valence-electron chi connectivity index (χ1n) is 7.76. The van der Waals surface area contributed by atoms with Gasteiger partial charge in [-0.15, -0.1) is 12.4 Å². The molecule has 0 saturated carbocycles. The van der Waals surface area contributed by atoms with Crippen molar-refractivity contribution < 1.29 is 4.79 Å². The minimum atomic E-state index is 0. The average molecular weight is 319 g/mol. The Morgan fingerprint density at radius 3 is 2.73 bits per heavy atom. The molecule has 3 nitrogen and oxygen atoms in total. The van der Waals surface area contributed by atoms with E-state index in [9.17, 15) is 4.79 Å². The highest BCUT2D eigenvalue weighted by Crippen LogP contribution is 2.22. The number of fused-ring (bicyclic) bond motifs is 1. The minimum Gasteiger partial charge on any atom is -0.338 e. The van der Waals surface area contributed by atoms with Crippen molar-refractivity contribution in [2.75, 3.05) is 13.1 Å². The molecule has 2 N–H and O–H groups in total. The van der Waals surface area contributed by atoms with Gasteiger partial charge in [0.2, 0.25) is 5.91 Å². The summed E-state index contributed by atoms with van der Waals surface area (Å²) in [5.74, 6) is 0.210. The zero-order valence-electron chi connectivity index (χ0n) is 12.7. The molecule has 4 heteroatoms. The van der Waals surface area contributed by atoms with Crippen molar-refractivity contribution in [3.63, 3.8) is 0 Å². The van der Waals surface area contributed by atoms with Crippen LogP contribution in [0, 0.1) is 0 Å². The first kappa shape index (κ1) is 16.8. The number of piperidine rings is 1. The highest BCUT2D eigenvalue weighted by Gasteiger charge is 2.25. The minimum absolute atomic E-state index is 0. The fraction of sp³-hybridized carbons (Fsp3) is 0.389. The van der Waals surface area contributed by atoms with Gasteiger partial charge < -0.3 is 10.6 Å². The zero-order chi connectivity index (χ0) is 14.7. The van der Waals surface area contributed by atoms with Gasteiger partial charge in [-0.2, -0.15) is 0 Å². The molecule has 1 saturated heterocycles. The average Bonchev–Trinajstić information content (AvgIpc) is 2.55. The van der Waals surface area contributed by atoms with Crippen molar-refractivity contribution in [3.8, 4) is 0 Å². The maximum absolute atomic E-state index is 12.7. The predicted molar refractivity (Wildman–Crippen MR) is 93.3 cm³/mol. The van der Waals surface area contributed by atoms with Gasteiger partial charge in [-0.3, -0.25) is 4.79 Å². The first-order valence-corrected chi connectivity index (χ1v) is 7.76. The highest BCUT2D eigenvalue weighted by atomic mass is 35.5. The highest BCUT2D eigenvalue weighted by molar-refractivity contribution is 5.90. The Balaban J connectivity index is 0.00000176. The lowest BCUT2D eigenvalue weighted by Crippen LogP contribution is -2.48. The number of hydrogen-bond acceptors (Lipinski definition) is 2. The van der Waals surface area contributed by atoms with Crippen LogP contribution in [0.3, 0.4) is 0 Å². The van der Waals surface area contributed by atoms with E-state index in [2.05, 4.69) is 24.3 Å². The summed E-state index contributed by atoms with van der Waals surface area (Å²) in [5.41, 5.74) is 6.93. The van der Waals surface area contributed by atoms with Crippen molar-refractivity contribution in [1.82, 2.24) is 4.90 Å². The van der Waals surface area contributed by atoms with Crippen LogP contribution in [0.5, 0.6) is 0 Å². The molecule has 1 fully saturated rings. The Morgan fingerprint density at radius 1 is 1.14 bits per heavy atom. The van der Waals surface area contributed by atoms with Gasteiger partial charge in [0.25, 0.3) is 0 Å². The molecule has 1 aliphatic heterocycles. The Kier molecular flexibility index (Phi) is 5.81. The molecule has 3 rings (SSSR count). The van der Waals surface area contributed by atoms with E-state index < -0.39 is 0 Å². The van der Waals surface area contributed by atoms with Gasteiger partial charge in [-0.25, -0.2) is 0 Å². The number of nitrogens with zero attached hydrogens (tertiary/aromatic N) is 1. The van der Waals surface area contributed by atoms with Gasteiger partial charge in [0, 0.05) is 19.1 Å². The van der Waals surface area contributed by atoms with Crippen LogP contribution in [0.4, 0.5) is 0 Å². The van der Waals surface area contributed by atoms with Crippen LogP contribution in [0.1, 0.15) is 24.8 Å². The summed E-state index contributed by atoms with van der Waals surface area (Å²) in [6.45, 7) is 1.42. The summed E-state index contributed by atoms with van der Waals surface area (Å²) < 4.78 is 0. The standard InChI is InChI=1S/C18H22N2O.ClH/c19-13-16-9-3-4-11-20(16)18(21)12-15-8-5-7-14-6-1-2-10-17(14)15;/h1-2,5-8,10,16H,3-4,9,11-13,19H2;1H. The smallest absolute Gasteiger partial charge is 0.227 e. The predicted octanol–water partition coefficient (Wildman–Crippen LogP) is 3.14. The zero-order valence-corrected chi connectivity index (χ0v) is 13.5. The monoisotopic (exact) mass is 318 g/mol. The molecule has 0 radical (unpaired) electrons. The Labute approximate surface area is 137 Å². The summed E-state index contributed by atoms with van der Waals surface area (Å²) in [7, 11) is 0. The third-order valence-electron chi connectivity index (χ3n) is 4.44. The van der Waals surface area contributed by atoms with Gasteiger partial charge in [0.1, 0.15) is 0 Å². The third-order valence-corrected chi connectivity index (χ3v) is 4.44. The van der Waals surface area contributed by atoms with Crippen LogP contribution in [-0.4, -0.2) is 29.9 Å². The van der Waals surface area contributed by atoms with E-state index >= 15 is 0 Å². The summed E-state index contributed by atoms with van der Waals surface area (Å²) in [6, 6.07) is 14.6. The molecule has 0 aromatic heterocycles. The van der Waals surface area contributed by atoms with Crippen molar-refractivity contribution >= 4 is 29.1 Å². The lowest BCUT2D eigenvalue weighted by Gasteiger charge is -2.35. The van der Waals surface area contributed by atoms with E-state index in [0.717, 1.165) is 24.9 Å². The number of rotatable bonds is 3. The number of carbonyl (C=O) groups excluding carboxylic acids is 1. The molecule has 0 spiro atoms. The normalized spacial score (nSPS) is 18.0. The molecule has 2 aromatic carbocycles. The van der Waals surface area contributed by atoms with Gasteiger partial charge in [0.05, 0.1) is 6.42 Å². The largest absolute Gasteiger partial charge is 0.338 e. The number of carbonyl (C=O) groups is 1. The van der Waals surface area contributed by atoms with Crippen LogP contribution >= 0.6 is 12.4 Å². The molecule has 2 aromatic rings. The maximum atomic E-state index is 12.7. The van der Waals surface area contributed by atoms with Crippen molar-refractivity contribution in [1.29, 1.82) is 0 Å². The molecule has 0 aliphatic carbocycles. The number of likely N-dealkylation sites (tertiary alicyclic amines) is 1. The number of halogens is 1. The molecule has 118 valence electrons. The Hall–Kier alpha value is -1.58. The van der Waals surface area contributed by atoms with Crippen LogP contribution in [-0.2, 0) is 11.2 Å². The molecule has 22 heavy (non-hydrogen) atoms. The molecular weight excluding hydrogens is 296 g/mol. The number of nitrogens with two attached hydrogens (primary N) is 1. The molecular formula is C18H23ClN2O. The number of hydrogen-bond donors (Lipinski definition) is 1. The number of benzene rings is 2. The lowest BCUT2D eigenvalue weighted by molar-refractivity contribution is -0.133. The number of amides is 1. The molecule has 0 bridgehead atoms. The van der Waals surface area contributed by atoms with Gasteiger partial charge in [-0.1, -0.05) is 42.5 Å². The van der Waals surface area contributed by atoms with E-state index in [1.165, 1.54) is 17.2 Å². The second-order valence-corrected chi connectivity index (χ2v) is 5.79. The quantitative estimate of drug-likeness (QED) is 0.945. The first-order chi connectivity index (χ1) is 10.3. The van der Waals surface area contributed by atoms with Crippen molar-refractivity contribution in [2.45, 2.75) is 31.7 Å². The van der Waals surface area contributed by atoms with Crippen LogP contribution < -0.4 is 5.73 Å². The Morgan fingerprint density at radius 2 is 1.91 bits per heavy atom. The Bertz CT molecular complexity index is 639. The van der Waals surface area contributed by atoms with Crippen molar-refractivity contribution in [3.05, 3.63) is 48.0 Å². The molecule has 1 atom stereocenters. The van der Waals surface area contributed by atoms with Crippen LogP contribution in [0.25, 0.3) is 10.8 Å². The molecule has 1 aliphatic rings. The summed E-state index contributed by atoms with van der Waals surface area (Å²) in [4.78, 5) is 14.6. The van der Waals surface area contributed by atoms with Gasteiger partial charge in [-0.05, 0) is 35.6 Å². The summed E-state index contributed by atoms with van der Waals surface area (Å²) >= 11 is 0. The SMILES string of the molecule is Cl.NCC1CCCCN1C(=O)Cc1cccc2ccccc12. The second kappa shape index (κ2) is 7.61. The summed E-state index contributed by atoms with van der Waals surface area (Å²) in [6.07, 6.45) is 3.79. The summed E-state index contributed by atoms with van der Waals surface area (Å²) in [5, 5.41) is 2.37.